The molecular formula is C61H89NNa2O17S2. The predicted octanol–water partition coefficient (Wildman–Crippen LogP) is 6.18. The molecule has 0 spiro atoms. The first-order chi connectivity index (χ1) is 39.1. The summed E-state index contributed by atoms with van der Waals surface area (Å²) in [5.74, 6) is -3.28. The number of benzene rings is 3. The molecule has 1 saturated heterocycles. The molecule has 0 bridgehead atoms. The molecule has 7 atom stereocenters. The van der Waals surface area contributed by atoms with Crippen LogP contribution in [0, 0.1) is 0 Å². The molecule has 1 amide bonds. The quantitative estimate of drug-likeness (QED) is 0.0165. The van der Waals surface area contributed by atoms with Gasteiger partial charge in [0.1, 0.15) is 18.3 Å². The van der Waals surface area contributed by atoms with Gasteiger partial charge >= 0.3 is 77.0 Å². The van der Waals surface area contributed by atoms with Gasteiger partial charge in [-0.25, -0.2) is 31.2 Å². The minimum atomic E-state index is -5.78. The zero-order valence-corrected chi connectivity index (χ0v) is 55.3. The van der Waals surface area contributed by atoms with Crippen LogP contribution in [0.1, 0.15) is 225 Å². The summed E-state index contributed by atoms with van der Waals surface area (Å²) < 4.78 is 113. The van der Waals surface area contributed by atoms with E-state index in [2.05, 4.69) is 23.3 Å². The molecule has 0 aliphatic carbocycles. The van der Waals surface area contributed by atoms with Crippen LogP contribution in [-0.2, 0) is 57.6 Å². The number of carbonyl (C=O) groups is 4. The molecule has 3 aromatic rings. The molecule has 4 rings (SSSR count). The summed E-state index contributed by atoms with van der Waals surface area (Å²) in [7, 11) is -11.3. The van der Waals surface area contributed by atoms with Crippen molar-refractivity contribution in [3.63, 3.8) is 0 Å². The smallest absolute Gasteiger partial charge is 0.726 e. The van der Waals surface area contributed by atoms with E-state index in [1.165, 1.54) is 145 Å². The molecule has 83 heavy (non-hydrogen) atoms. The van der Waals surface area contributed by atoms with E-state index in [0.717, 1.165) is 57.8 Å². The third kappa shape index (κ3) is 33.2. The fourth-order valence-electron chi connectivity index (χ4n) is 9.85. The fraction of sp³-hybridized carbons (Fsp3) is 0.639. The van der Waals surface area contributed by atoms with E-state index < -0.39 is 94.8 Å². The van der Waals surface area contributed by atoms with E-state index in [1.807, 2.05) is 0 Å². The summed E-state index contributed by atoms with van der Waals surface area (Å²) in [4.78, 5) is 55.8. The van der Waals surface area contributed by atoms with Crippen LogP contribution in [0.25, 0.3) is 0 Å². The average molecular weight is 1220 g/mol. The summed E-state index contributed by atoms with van der Waals surface area (Å²) in [5, 5.41) is 3.02. The van der Waals surface area contributed by atoms with E-state index in [4.69, 9.17) is 27.9 Å². The fourth-order valence-corrected chi connectivity index (χ4v) is 10.7. The number of esters is 3. The molecule has 3 aromatic carbocycles. The van der Waals surface area contributed by atoms with Crippen molar-refractivity contribution in [2.75, 3.05) is 13.2 Å². The van der Waals surface area contributed by atoms with Gasteiger partial charge in [0, 0.05) is 6.42 Å². The second-order valence-electron chi connectivity index (χ2n) is 21.0. The molecule has 1 aliphatic heterocycles. The van der Waals surface area contributed by atoms with Crippen LogP contribution in [0.15, 0.2) is 91.0 Å². The van der Waals surface area contributed by atoms with E-state index in [1.54, 1.807) is 42.5 Å². The van der Waals surface area contributed by atoms with Crippen molar-refractivity contribution < 1.29 is 136 Å². The van der Waals surface area contributed by atoms with Crippen LogP contribution in [0.3, 0.4) is 0 Å². The van der Waals surface area contributed by atoms with Crippen LogP contribution in [-0.4, -0.2) is 106 Å². The molecule has 1 fully saturated rings. The summed E-state index contributed by atoms with van der Waals surface area (Å²) in [6.07, 6.45) is 17.5. The van der Waals surface area contributed by atoms with Crippen molar-refractivity contribution >= 4 is 44.6 Å². The number of unbranched alkanes of at least 4 members (excludes halogenated alkanes) is 24. The Balaban J connectivity index is 0.0000118. The van der Waals surface area contributed by atoms with E-state index in [0.29, 0.717) is 12.8 Å². The molecule has 0 unspecified atom stereocenters. The Morgan fingerprint density at radius 2 is 0.892 bits per heavy atom. The van der Waals surface area contributed by atoms with Gasteiger partial charge in [0.05, 0.1) is 35.9 Å². The van der Waals surface area contributed by atoms with Crippen LogP contribution in [0.2, 0.25) is 0 Å². The molecule has 454 valence electrons. The summed E-state index contributed by atoms with van der Waals surface area (Å²) in [6, 6.07) is 21.9. The minimum absolute atomic E-state index is 0. The monoisotopic (exact) mass is 1220 g/mol. The zero-order chi connectivity index (χ0) is 58.6. The first kappa shape index (κ1) is 76.3. The molecule has 1 aliphatic rings. The van der Waals surface area contributed by atoms with Crippen molar-refractivity contribution in [3.05, 3.63) is 108 Å². The van der Waals surface area contributed by atoms with Gasteiger partial charge in [-0.2, -0.15) is 0 Å². The third-order valence-corrected chi connectivity index (χ3v) is 15.2. The van der Waals surface area contributed by atoms with Crippen LogP contribution < -0.4 is 64.4 Å². The Bertz CT molecular complexity index is 2450. The molecule has 1 N–H and O–H groups in total. The minimum Gasteiger partial charge on any atom is -0.726 e. The largest absolute Gasteiger partial charge is 1.00 e. The maximum atomic E-state index is 14.1. The van der Waals surface area contributed by atoms with Gasteiger partial charge in [-0.15, -0.1) is 0 Å². The van der Waals surface area contributed by atoms with Crippen molar-refractivity contribution in [2.24, 2.45) is 0 Å². The van der Waals surface area contributed by atoms with Gasteiger partial charge in [-0.05, 0) is 55.7 Å². The number of ether oxygens (including phenoxy) is 5. The number of amides is 1. The SMILES string of the molecule is CCCCCCCCCCCCCCCC(=O)N[C@@H](CO[C@H]1O[C@H](COS(=O)(=O)[O-])[C@H](OS(=O)(=O)[O-])[C@H](OC(=O)c2ccccc2)[C@H]1OC(=O)c1ccccc1)[C@@H](CCCCCCCCCCCCCCC)OC(=O)c1ccccc1.[Na+].[Na+]. The van der Waals surface area contributed by atoms with Gasteiger partial charge < -0.3 is 38.1 Å². The van der Waals surface area contributed by atoms with Gasteiger partial charge in [-0.1, -0.05) is 223 Å². The Morgan fingerprint density at radius 3 is 1.30 bits per heavy atom. The number of rotatable bonds is 44. The van der Waals surface area contributed by atoms with E-state index in [-0.39, 0.29) is 94.6 Å². The van der Waals surface area contributed by atoms with E-state index >= 15 is 0 Å². The molecule has 22 heteroatoms. The standard InChI is InChI=1S/C61H91NO17S2.2Na/c1-3-5-7-9-11-13-15-17-19-21-23-25-36-44-52(75-58(64)48-38-30-27-31-39-48)51(62-54(63)45-37-26-24-22-20-18-16-14-12-10-8-6-4-2)46-73-61-57(78-60(66)50-42-34-29-35-43-50)56(77-59(65)49-40-32-28-33-41-49)55(79-81(70,71)72)53(76-61)47-74-80(67,68)69;;/h27-35,38-43,51-53,55-57,61H,3-26,36-37,44-47H2,1-2H3,(H,62,63)(H,67,68,69)(H,70,71,72);;/q;2*+1/p-2/t51-,52+,53+,55-,56-,57+,61-;;/m0../s1. The second kappa shape index (κ2) is 44.6. The van der Waals surface area contributed by atoms with Crippen molar-refractivity contribution in [1.29, 1.82) is 0 Å². The van der Waals surface area contributed by atoms with E-state index in [9.17, 15) is 45.1 Å². The maximum absolute atomic E-state index is 14.1. The number of nitrogens with one attached hydrogen (secondary N) is 1. The predicted molar refractivity (Wildman–Crippen MR) is 304 cm³/mol. The first-order valence-electron chi connectivity index (χ1n) is 29.7. The van der Waals surface area contributed by atoms with Gasteiger partial charge in [0.2, 0.25) is 26.7 Å². The summed E-state index contributed by atoms with van der Waals surface area (Å²) >= 11 is 0. The number of hydrogen-bond donors (Lipinski definition) is 1. The second-order valence-corrected chi connectivity index (χ2v) is 23.1. The van der Waals surface area contributed by atoms with Crippen molar-refractivity contribution in [3.8, 4) is 0 Å². The van der Waals surface area contributed by atoms with Gasteiger partial charge in [-0.3, -0.25) is 13.2 Å². The molecular weight excluding hydrogens is 1130 g/mol. The Morgan fingerprint density at radius 1 is 0.506 bits per heavy atom. The Kier molecular flexibility index (Phi) is 41.0. The summed E-state index contributed by atoms with van der Waals surface area (Å²) in [5.41, 5.74) is 0.119. The van der Waals surface area contributed by atoms with Crippen LogP contribution in [0.4, 0.5) is 0 Å². The molecule has 0 saturated carbocycles. The number of hydrogen-bond acceptors (Lipinski definition) is 17. The van der Waals surface area contributed by atoms with Crippen molar-refractivity contribution in [2.45, 2.75) is 236 Å². The van der Waals surface area contributed by atoms with Crippen LogP contribution in [0.5, 0.6) is 0 Å². The van der Waals surface area contributed by atoms with Gasteiger partial charge in [0.15, 0.2) is 18.5 Å². The Labute approximate surface area is 539 Å². The zero-order valence-electron chi connectivity index (χ0n) is 49.7. The molecule has 0 radical (unpaired) electrons. The third-order valence-electron chi connectivity index (χ3n) is 14.3. The normalized spacial score (nSPS) is 17.7. The first-order valence-corrected chi connectivity index (χ1v) is 32.3. The molecule has 18 nitrogen and oxygen atoms in total. The maximum Gasteiger partial charge on any atom is 1.00 e. The topological polar surface area (TPSA) is 259 Å². The molecule has 1 heterocycles. The van der Waals surface area contributed by atoms with Crippen LogP contribution >= 0.6 is 0 Å². The van der Waals surface area contributed by atoms with Gasteiger partial charge in [0.25, 0.3) is 0 Å². The average Bonchev–Trinajstić information content (AvgIpc) is 3.45. The summed E-state index contributed by atoms with van der Waals surface area (Å²) in [6.45, 7) is 2.55. The van der Waals surface area contributed by atoms with Crippen molar-refractivity contribution in [1.82, 2.24) is 5.32 Å². The molecule has 0 aromatic heterocycles. The number of carbonyl (C=O) groups excluding carboxylic acids is 4. The Hall–Kier alpha value is -2.80.